The summed E-state index contributed by atoms with van der Waals surface area (Å²) in [7, 11) is 0. The summed E-state index contributed by atoms with van der Waals surface area (Å²) in [5.41, 5.74) is 2.55. The number of hydrogen-bond acceptors (Lipinski definition) is 2. The van der Waals surface area contributed by atoms with Gasteiger partial charge in [0.25, 0.3) is 11.8 Å². The highest BCUT2D eigenvalue weighted by Gasteiger charge is 2.16. The summed E-state index contributed by atoms with van der Waals surface area (Å²) >= 11 is 5.84. The summed E-state index contributed by atoms with van der Waals surface area (Å²) in [6.45, 7) is 2.50. The van der Waals surface area contributed by atoms with Gasteiger partial charge in [0.1, 0.15) is 0 Å². The lowest BCUT2D eigenvalue weighted by Gasteiger charge is -2.21. The molecule has 3 rings (SSSR count). The fourth-order valence-corrected chi connectivity index (χ4v) is 2.83. The Morgan fingerprint density at radius 1 is 0.852 bits per heavy atom. The maximum atomic E-state index is 12.8. The summed E-state index contributed by atoms with van der Waals surface area (Å²) in [5, 5.41) is 3.39. The lowest BCUT2D eigenvalue weighted by Crippen LogP contribution is -2.30. The average Bonchev–Trinajstić information content (AvgIpc) is 2.70. The Labute approximate surface area is 163 Å². The lowest BCUT2D eigenvalue weighted by atomic mass is 10.1. The quantitative estimate of drug-likeness (QED) is 0.658. The van der Waals surface area contributed by atoms with Crippen LogP contribution in [0, 0.1) is 0 Å². The number of nitrogens with one attached hydrogen (secondary N) is 1. The predicted octanol–water partition coefficient (Wildman–Crippen LogP) is 5.26. The zero-order valence-electron chi connectivity index (χ0n) is 14.9. The van der Waals surface area contributed by atoms with E-state index in [-0.39, 0.29) is 11.8 Å². The zero-order chi connectivity index (χ0) is 19.2. The summed E-state index contributed by atoms with van der Waals surface area (Å²) in [6.07, 6.45) is 0. The molecular formula is C22H19ClN2O2. The van der Waals surface area contributed by atoms with Crippen LogP contribution in [0.3, 0.4) is 0 Å². The first-order valence-corrected chi connectivity index (χ1v) is 9.00. The smallest absolute Gasteiger partial charge is 0.258 e. The van der Waals surface area contributed by atoms with Crippen molar-refractivity contribution in [2.45, 2.75) is 6.92 Å². The van der Waals surface area contributed by atoms with E-state index >= 15 is 0 Å². The Bertz CT molecular complexity index is 923. The fraction of sp³-hybridized carbons (Fsp3) is 0.0909. The van der Waals surface area contributed by atoms with Crippen molar-refractivity contribution < 1.29 is 9.59 Å². The molecular weight excluding hydrogens is 360 g/mol. The van der Waals surface area contributed by atoms with E-state index in [1.54, 1.807) is 53.4 Å². The first kappa shape index (κ1) is 18.7. The fourth-order valence-electron chi connectivity index (χ4n) is 2.71. The van der Waals surface area contributed by atoms with Gasteiger partial charge in [-0.15, -0.1) is 0 Å². The van der Waals surface area contributed by atoms with Crippen molar-refractivity contribution in [2.75, 3.05) is 16.8 Å². The van der Waals surface area contributed by atoms with Crippen molar-refractivity contribution in [3.05, 3.63) is 95.0 Å². The standard InChI is InChI=1S/C22H19ClN2O2/c1-2-25(20-6-4-3-5-7-20)22(27)17-10-14-19(15-11-17)24-21(26)16-8-12-18(23)13-9-16/h3-15H,2H2,1H3,(H,24,26). The lowest BCUT2D eigenvalue weighted by molar-refractivity contribution is 0.0987. The van der Waals surface area contributed by atoms with Gasteiger partial charge in [-0.25, -0.2) is 0 Å². The highest BCUT2D eigenvalue weighted by atomic mass is 35.5. The van der Waals surface area contributed by atoms with Gasteiger partial charge in [0.05, 0.1) is 0 Å². The van der Waals surface area contributed by atoms with E-state index < -0.39 is 0 Å². The van der Waals surface area contributed by atoms with E-state index in [9.17, 15) is 9.59 Å². The van der Waals surface area contributed by atoms with Crippen LogP contribution in [0.2, 0.25) is 5.02 Å². The number of halogens is 1. The van der Waals surface area contributed by atoms with Gasteiger partial charge in [-0.1, -0.05) is 29.8 Å². The largest absolute Gasteiger partial charge is 0.322 e. The number of carbonyl (C=O) groups is 2. The van der Waals surface area contributed by atoms with Gasteiger partial charge in [-0.2, -0.15) is 0 Å². The van der Waals surface area contributed by atoms with Crippen LogP contribution in [-0.2, 0) is 0 Å². The number of benzene rings is 3. The number of rotatable bonds is 5. The maximum absolute atomic E-state index is 12.8. The molecule has 4 nitrogen and oxygen atoms in total. The molecule has 3 aromatic carbocycles. The third-order valence-corrected chi connectivity index (χ3v) is 4.38. The van der Waals surface area contributed by atoms with Crippen LogP contribution in [0.1, 0.15) is 27.6 Å². The molecule has 0 bridgehead atoms. The Hall–Kier alpha value is -3.11. The van der Waals surface area contributed by atoms with Crippen LogP contribution in [0.25, 0.3) is 0 Å². The monoisotopic (exact) mass is 378 g/mol. The van der Waals surface area contributed by atoms with Crippen molar-refractivity contribution in [1.82, 2.24) is 0 Å². The highest BCUT2D eigenvalue weighted by Crippen LogP contribution is 2.18. The second-order valence-electron chi connectivity index (χ2n) is 5.92. The van der Waals surface area contributed by atoms with Gasteiger partial charge in [-0.3, -0.25) is 9.59 Å². The van der Waals surface area contributed by atoms with E-state index in [2.05, 4.69) is 5.32 Å². The Balaban J connectivity index is 1.71. The molecule has 0 aromatic heterocycles. The van der Waals surface area contributed by atoms with Crippen molar-refractivity contribution in [1.29, 1.82) is 0 Å². The number of hydrogen-bond donors (Lipinski definition) is 1. The number of nitrogens with zero attached hydrogens (tertiary/aromatic N) is 1. The van der Waals surface area contributed by atoms with Crippen LogP contribution in [-0.4, -0.2) is 18.4 Å². The summed E-state index contributed by atoms with van der Waals surface area (Å²) < 4.78 is 0. The molecule has 0 aliphatic carbocycles. The van der Waals surface area contributed by atoms with Gasteiger partial charge >= 0.3 is 0 Å². The molecule has 0 saturated carbocycles. The molecule has 0 saturated heterocycles. The van der Waals surface area contributed by atoms with Crippen LogP contribution < -0.4 is 10.2 Å². The molecule has 0 fully saturated rings. The molecule has 0 atom stereocenters. The topological polar surface area (TPSA) is 49.4 Å². The number of amides is 2. The minimum atomic E-state index is -0.231. The second-order valence-corrected chi connectivity index (χ2v) is 6.36. The summed E-state index contributed by atoms with van der Waals surface area (Å²) in [4.78, 5) is 26.8. The van der Waals surface area contributed by atoms with Crippen LogP contribution in [0.15, 0.2) is 78.9 Å². The Morgan fingerprint density at radius 2 is 1.44 bits per heavy atom. The molecule has 0 aliphatic heterocycles. The number of carbonyl (C=O) groups excluding carboxylic acids is 2. The average molecular weight is 379 g/mol. The molecule has 0 heterocycles. The maximum Gasteiger partial charge on any atom is 0.258 e. The van der Waals surface area contributed by atoms with E-state index in [0.717, 1.165) is 5.69 Å². The van der Waals surface area contributed by atoms with E-state index in [1.165, 1.54) is 0 Å². The van der Waals surface area contributed by atoms with Gasteiger partial charge in [0, 0.05) is 34.1 Å². The number of anilines is 2. The Kier molecular flexibility index (Phi) is 5.89. The van der Waals surface area contributed by atoms with Crippen molar-refractivity contribution in [3.63, 3.8) is 0 Å². The van der Waals surface area contributed by atoms with Crippen LogP contribution in [0.5, 0.6) is 0 Å². The highest BCUT2D eigenvalue weighted by molar-refractivity contribution is 6.30. The SMILES string of the molecule is CCN(C(=O)c1ccc(NC(=O)c2ccc(Cl)cc2)cc1)c1ccccc1. The molecule has 0 spiro atoms. The van der Waals surface area contributed by atoms with Crippen LogP contribution >= 0.6 is 11.6 Å². The zero-order valence-corrected chi connectivity index (χ0v) is 15.6. The van der Waals surface area contributed by atoms with Crippen molar-refractivity contribution in [3.8, 4) is 0 Å². The minimum Gasteiger partial charge on any atom is -0.322 e. The second kappa shape index (κ2) is 8.52. The molecule has 0 unspecified atom stereocenters. The normalized spacial score (nSPS) is 10.3. The third kappa shape index (κ3) is 4.54. The van der Waals surface area contributed by atoms with Gasteiger partial charge in [-0.05, 0) is 67.6 Å². The molecule has 2 amide bonds. The molecule has 136 valence electrons. The predicted molar refractivity (Wildman–Crippen MR) is 110 cm³/mol. The molecule has 5 heteroatoms. The van der Waals surface area contributed by atoms with Gasteiger partial charge in [0.15, 0.2) is 0 Å². The molecule has 3 aromatic rings. The van der Waals surface area contributed by atoms with E-state index in [1.807, 2.05) is 37.3 Å². The van der Waals surface area contributed by atoms with Crippen molar-refractivity contribution >= 4 is 34.8 Å². The van der Waals surface area contributed by atoms with Gasteiger partial charge < -0.3 is 10.2 Å². The molecule has 27 heavy (non-hydrogen) atoms. The van der Waals surface area contributed by atoms with E-state index in [0.29, 0.717) is 28.4 Å². The van der Waals surface area contributed by atoms with Crippen LogP contribution in [0.4, 0.5) is 11.4 Å². The minimum absolute atomic E-state index is 0.0840. The molecule has 0 radical (unpaired) electrons. The van der Waals surface area contributed by atoms with Crippen molar-refractivity contribution in [2.24, 2.45) is 0 Å². The Morgan fingerprint density at radius 3 is 2.04 bits per heavy atom. The van der Waals surface area contributed by atoms with E-state index in [4.69, 9.17) is 11.6 Å². The summed E-state index contributed by atoms with van der Waals surface area (Å²) in [5.74, 6) is -0.315. The molecule has 0 aliphatic rings. The first-order chi connectivity index (χ1) is 13.1. The first-order valence-electron chi connectivity index (χ1n) is 8.62. The molecule has 1 N–H and O–H groups in total. The summed E-state index contributed by atoms with van der Waals surface area (Å²) in [6, 6.07) is 23.1. The third-order valence-electron chi connectivity index (χ3n) is 4.13. The number of para-hydroxylation sites is 1. The van der Waals surface area contributed by atoms with Gasteiger partial charge in [0.2, 0.25) is 0 Å².